The third kappa shape index (κ3) is 2.79. The maximum absolute atomic E-state index is 5.35. The minimum Gasteiger partial charge on any atom is -0.404 e. The Labute approximate surface area is 64.2 Å². The van der Waals surface area contributed by atoms with Crippen LogP contribution in [0.2, 0.25) is 0 Å². The zero-order chi connectivity index (χ0) is 7.40. The second kappa shape index (κ2) is 4.08. The Bertz CT molecular complexity index is 91.0. The predicted molar refractivity (Wildman–Crippen MR) is 40.8 cm³/mol. The zero-order valence-corrected chi connectivity index (χ0v) is 8.50. The number of epoxide rings is 1. The van der Waals surface area contributed by atoms with Gasteiger partial charge in [-0.1, -0.05) is 6.92 Å². The average Bonchev–Trinajstić information content (AvgIpc) is 2.74. The average molecular weight is 162 g/mol. The molecule has 0 amide bonds. The molecule has 0 saturated carbocycles. The first-order valence-electron chi connectivity index (χ1n) is 3.62. The molecule has 0 aromatic heterocycles. The molecule has 0 spiro atoms. The van der Waals surface area contributed by atoms with E-state index in [4.69, 9.17) is 13.9 Å². The van der Waals surface area contributed by atoms with Crippen LogP contribution >= 0.6 is 0 Å². The summed E-state index contributed by atoms with van der Waals surface area (Å²) >= 11 is 0. The van der Waals surface area contributed by atoms with E-state index < -0.39 is 0 Å². The van der Waals surface area contributed by atoms with Crippen LogP contribution in [0.25, 0.3) is 0 Å². The van der Waals surface area contributed by atoms with Gasteiger partial charge in [0, 0.05) is 0 Å². The van der Waals surface area contributed by atoms with Crippen molar-refractivity contribution < 1.29 is 13.9 Å². The van der Waals surface area contributed by atoms with Crippen molar-refractivity contribution in [1.29, 1.82) is 0 Å². The Balaban J connectivity index is 1.97. The van der Waals surface area contributed by atoms with Gasteiger partial charge in [0.05, 0.1) is 13.2 Å². The van der Waals surface area contributed by atoms with Crippen molar-refractivity contribution in [3.63, 3.8) is 0 Å². The van der Waals surface area contributed by atoms with E-state index >= 15 is 0 Å². The van der Waals surface area contributed by atoms with Gasteiger partial charge in [-0.15, -0.1) is 0 Å². The molecule has 1 rings (SSSR count). The first kappa shape index (κ1) is 8.20. The lowest BCUT2D eigenvalue weighted by atomic mass is 10.4. The van der Waals surface area contributed by atoms with Gasteiger partial charge in [-0.3, -0.25) is 0 Å². The molecule has 1 aliphatic heterocycles. The summed E-state index contributed by atoms with van der Waals surface area (Å²) in [6.45, 7) is 3.61. The molecule has 4 heteroatoms. The van der Waals surface area contributed by atoms with E-state index in [-0.39, 0.29) is 6.29 Å². The van der Waals surface area contributed by atoms with Gasteiger partial charge in [0.2, 0.25) is 0 Å². The van der Waals surface area contributed by atoms with Gasteiger partial charge < -0.3 is 13.9 Å². The molecule has 0 radical (unpaired) electrons. The van der Waals surface area contributed by atoms with E-state index in [1.165, 1.54) is 0 Å². The predicted octanol–water partition coefficient (Wildman–Crippen LogP) is -0.565. The second-order valence-corrected chi connectivity index (χ2v) is 2.83. The third-order valence-corrected chi connectivity index (χ3v) is 1.99. The first-order valence-corrected chi connectivity index (χ1v) is 4.44. The lowest BCUT2D eigenvalue weighted by Crippen LogP contribution is -2.17. The van der Waals surface area contributed by atoms with E-state index in [9.17, 15) is 0 Å². The van der Waals surface area contributed by atoms with Gasteiger partial charge >= 0.3 is 0 Å². The van der Waals surface area contributed by atoms with E-state index in [0.29, 0.717) is 12.7 Å². The van der Waals surface area contributed by atoms with Crippen LogP contribution in [-0.4, -0.2) is 36.1 Å². The molecule has 1 fully saturated rings. The fourth-order valence-corrected chi connectivity index (χ4v) is 1.20. The van der Waals surface area contributed by atoms with E-state index in [1.807, 2.05) is 0 Å². The molecular weight excluding hydrogens is 148 g/mol. The van der Waals surface area contributed by atoms with Crippen LogP contribution in [0, 0.1) is 0 Å². The van der Waals surface area contributed by atoms with E-state index in [0.717, 1.165) is 23.5 Å². The minimum absolute atomic E-state index is 0.0101. The molecule has 0 bridgehead atoms. The Morgan fingerprint density at radius 3 is 2.90 bits per heavy atom. The van der Waals surface area contributed by atoms with Crippen LogP contribution in [0.4, 0.5) is 0 Å². The third-order valence-electron chi connectivity index (χ3n) is 1.47. The largest absolute Gasteiger partial charge is 0.404 e. The van der Waals surface area contributed by atoms with Gasteiger partial charge in [0.1, 0.15) is 22.9 Å². The van der Waals surface area contributed by atoms with Crippen LogP contribution in [0.5, 0.6) is 0 Å². The summed E-state index contributed by atoms with van der Waals surface area (Å²) in [5.41, 5.74) is 0. The van der Waals surface area contributed by atoms with Gasteiger partial charge in [0.25, 0.3) is 0 Å². The number of hydrogen-bond acceptors (Lipinski definition) is 3. The SMILES string of the molecule is CCC(O[SiH3])OCC1CO1. The van der Waals surface area contributed by atoms with Gasteiger partial charge in [-0.2, -0.15) is 0 Å². The molecule has 0 aromatic carbocycles. The molecule has 0 aliphatic carbocycles. The van der Waals surface area contributed by atoms with Crippen molar-refractivity contribution in [2.45, 2.75) is 25.7 Å². The lowest BCUT2D eigenvalue weighted by Gasteiger charge is -2.13. The number of hydrogen-bond donors (Lipinski definition) is 0. The molecule has 0 N–H and O–H groups in total. The Hall–Kier alpha value is 0.0969. The highest BCUT2D eigenvalue weighted by molar-refractivity contribution is 5.98. The zero-order valence-electron chi connectivity index (χ0n) is 6.50. The number of ether oxygens (including phenoxy) is 2. The first-order chi connectivity index (χ1) is 4.86. The van der Waals surface area contributed by atoms with Crippen molar-refractivity contribution in [3.8, 4) is 0 Å². The van der Waals surface area contributed by atoms with Crippen molar-refractivity contribution in [1.82, 2.24) is 0 Å². The standard InChI is InChI=1S/C6H14O3Si/c1-2-6(9-10)8-4-5-3-7-5/h5-6H,2-4H2,1,10H3. The summed E-state index contributed by atoms with van der Waals surface area (Å²) < 4.78 is 15.5. The minimum atomic E-state index is 0.0101. The van der Waals surface area contributed by atoms with Crippen LogP contribution in [0.1, 0.15) is 13.3 Å². The summed E-state index contributed by atoms with van der Waals surface area (Å²) in [5.74, 6) is 0. The molecule has 0 aromatic rings. The maximum atomic E-state index is 5.35. The smallest absolute Gasteiger partial charge is 0.149 e. The number of rotatable bonds is 5. The normalized spacial score (nSPS) is 26.7. The van der Waals surface area contributed by atoms with Crippen molar-refractivity contribution >= 4 is 10.5 Å². The van der Waals surface area contributed by atoms with Crippen molar-refractivity contribution in [2.24, 2.45) is 0 Å². The van der Waals surface area contributed by atoms with Crippen LogP contribution in [0.3, 0.4) is 0 Å². The highest BCUT2D eigenvalue weighted by Crippen LogP contribution is 2.10. The Kier molecular flexibility index (Phi) is 3.34. The van der Waals surface area contributed by atoms with E-state index in [1.54, 1.807) is 0 Å². The van der Waals surface area contributed by atoms with Crippen LogP contribution in [-0.2, 0) is 13.9 Å². The van der Waals surface area contributed by atoms with Gasteiger partial charge in [-0.05, 0) is 6.42 Å². The molecule has 1 heterocycles. The Morgan fingerprint density at radius 2 is 2.50 bits per heavy atom. The van der Waals surface area contributed by atoms with Crippen LogP contribution < -0.4 is 0 Å². The van der Waals surface area contributed by atoms with Gasteiger partial charge in [-0.25, -0.2) is 0 Å². The molecule has 60 valence electrons. The summed E-state index contributed by atoms with van der Waals surface area (Å²) in [4.78, 5) is 0. The quantitative estimate of drug-likeness (QED) is 0.308. The highest BCUT2D eigenvalue weighted by Gasteiger charge is 2.23. The Morgan fingerprint density at radius 1 is 1.80 bits per heavy atom. The summed E-state index contributed by atoms with van der Waals surface area (Å²) in [6.07, 6.45) is 1.29. The fraction of sp³-hybridized carbons (Fsp3) is 1.00. The van der Waals surface area contributed by atoms with Crippen molar-refractivity contribution in [2.75, 3.05) is 13.2 Å². The van der Waals surface area contributed by atoms with E-state index in [2.05, 4.69) is 6.92 Å². The maximum Gasteiger partial charge on any atom is 0.149 e. The molecular formula is C6H14O3Si. The van der Waals surface area contributed by atoms with Crippen LogP contribution in [0.15, 0.2) is 0 Å². The topological polar surface area (TPSA) is 31.0 Å². The summed E-state index contributed by atoms with van der Waals surface area (Å²) in [5, 5.41) is 0. The molecule has 2 atom stereocenters. The summed E-state index contributed by atoms with van der Waals surface area (Å²) in [6, 6.07) is 0. The molecule has 2 unspecified atom stereocenters. The van der Waals surface area contributed by atoms with Gasteiger partial charge in [0.15, 0.2) is 0 Å². The fourth-order valence-electron chi connectivity index (χ4n) is 0.731. The second-order valence-electron chi connectivity index (χ2n) is 2.36. The van der Waals surface area contributed by atoms with Crippen molar-refractivity contribution in [3.05, 3.63) is 0 Å². The molecule has 10 heavy (non-hydrogen) atoms. The molecule has 3 nitrogen and oxygen atoms in total. The highest BCUT2D eigenvalue weighted by atomic mass is 28.2. The summed E-state index contributed by atoms with van der Waals surface area (Å²) in [7, 11) is 0.747. The molecule has 1 aliphatic rings. The monoisotopic (exact) mass is 162 g/mol. The molecule has 1 saturated heterocycles. The lowest BCUT2D eigenvalue weighted by molar-refractivity contribution is -0.0820.